The van der Waals surface area contributed by atoms with Gasteiger partial charge in [-0.2, -0.15) is 0 Å². The van der Waals surface area contributed by atoms with Crippen molar-refractivity contribution in [1.82, 2.24) is 9.80 Å². The molecule has 3 aliphatic heterocycles. The average Bonchev–Trinajstić information content (AvgIpc) is 3.13. The molecule has 1 aromatic rings. The summed E-state index contributed by atoms with van der Waals surface area (Å²) in [5.74, 6) is -0.926. The minimum Gasteiger partial charge on any atom is -0.406 e. The summed E-state index contributed by atoms with van der Waals surface area (Å²) < 4.78 is 71.9. The van der Waals surface area contributed by atoms with Crippen LogP contribution in [-0.2, 0) is 14.6 Å². The summed E-state index contributed by atoms with van der Waals surface area (Å²) in [4.78, 5) is 16.1. The molecule has 3 saturated heterocycles. The molecular weight excluding hydrogens is 425 g/mol. The Morgan fingerprint density at radius 3 is 2.37 bits per heavy atom. The SMILES string of the molecule is O=C(c1ccc(OC(F)(F)F)cc1)N1CC2(C1)CS(=O)(=O)[C@@H](CN1CCCC1)CO2. The normalized spacial score (nSPS) is 25.8. The number of rotatable bonds is 4. The molecule has 11 heteroatoms. The molecule has 1 spiro atoms. The third kappa shape index (κ3) is 4.57. The van der Waals surface area contributed by atoms with Gasteiger partial charge in [0.15, 0.2) is 9.84 Å². The van der Waals surface area contributed by atoms with Crippen LogP contribution in [0.2, 0.25) is 0 Å². The molecule has 3 heterocycles. The van der Waals surface area contributed by atoms with Crippen LogP contribution in [0, 0.1) is 0 Å². The Bertz CT molecular complexity index is 892. The average molecular weight is 448 g/mol. The maximum atomic E-state index is 12.8. The van der Waals surface area contributed by atoms with Gasteiger partial charge in [0.05, 0.1) is 30.7 Å². The molecule has 0 N–H and O–H groups in total. The minimum atomic E-state index is -4.80. The number of benzene rings is 1. The van der Waals surface area contributed by atoms with Gasteiger partial charge in [0, 0.05) is 12.1 Å². The van der Waals surface area contributed by atoms with Gasteiger partial charge in [0.2, 0.25) is 0 Å². The smallest absolute Gasteiger partial charge is 0.406 e. The lowest BCUT2D eigenvalue weighted by molar-refractivity contribution is -0.274. The number of amides is 1. The Kier molecular flexibility index (Phi) is 5.48. The summed E-state index contributed by atoms with van der Waals surface area (Å²) in [5.41, 5.74) is -0.694. The molecule has 0 radical (unpaired) electrons. The van der Waals surface area contributed by atoms with E-state index in [-0.39, 0.29) is 36.9 Å². The Hall–Kier alpha value is -1.85. The summed E-state index contributed by atoms with van der Waals surface area (Å²) in [6, 6.07) is 4.64. The Morgan fingerprint density at radius 2 is 1.80 bits per heavy atom. The van der Waals surface area contributed by atoms with Crippen molar-refractivity contribution in [3.63, 3.8) is 0 Å². The number of carbonyl (C=O) groups excluding carboxylic acids is 1. The monoisotopic (exact) mass is 448 g/mol. The summed E-state index contributed by atoms with van der Waals surface area (Å²) in [6.45, 7) is 2.70. The lowest BCUT2D eigenvalue weighted by atomic mass is 9.94. The second-order valence-corrected chi connectivity index (χ2v) is 10.4. The number of nitrogens with zero attached hydrogens (tertiary/aromatic N) is 2. The molecule has 166 valence electrons. The van der Waals surface area contributed by atoms with Crippen LogP contribution >= 0.6 is 0 Å². The maximum absolute atomic E-state index is 12.8. The lowest BCUT2D eigenvalue weighted by Gasteiger charge is -2.52. The van der Waals surface area contributed by atoms with Crippen molar-refractivity contribution in [3.05, 3.63) is 29.8 Å². The third-order valence-electron chi connectivity index (χ3n) is 5.79. The molecule has 0 aliphatic carbocycles. The number of alkyl halides is 3. The number of carbonyl (C=O) groups is 1. The van der Waals surface area contributed by atoms with Gasteiger partial charge in [-0.05, 0) is 50.2 Å². The first-order valence-corrected chi connectivity index (χ1v) is 11.5. The van der Waals surface area contributed by atoms with Crippen molar-refractivity contribution in [2.75, 3.05) is 45.1 Å². The van der Waals surface area contributed by atoms with E-state index in [1.165, 1.54) is 17.0 Å². The second-order valence-electron chi connectivity index (χ2n) is 8.16. The van der Waals surface area contributed by atoms with Crippen molar-refractivity contribution in [2.45, 2.75) is 30.1 Å². The predicted molar refractivity (Wildman–Crippen MR) is 101 cm³/mol. The zero-order valence-corrected chi connectivity index (χ0v) is 17.0. The highest BCUT2D eigenvalue weighted by atomic mass is 32.2. The van der Waals surface area contributed by atoms with Crippen LogP contribution < -0.4 is 4.74 Å². The van der Waals surface area contributed by atoms with E-state index < -0.39 is 32.8 Å². The minimum absolute atomic E-state index is 0.115. The van der Waals surface area contributed by atoms with Crippen molar-refractivity contribution >= 4 is 15.7 Å². The largest absolute Gasteiger partial charge is 0.573 e. The fourth-order valence-corrected chi connectivity index (χ4v) is 6.22. The van der Waals surface area contributed by atoms with Crippen LogP contribution in [0.3, 0.4) is 0 Å². The number of sulfone groups is 1. The van der Waals surface area contributed by atoms with Crippen molar-refractivity contribution in [1.29, 1.82) is 0 Å². The molecule has 1 atom stereocenters. The van der Waals surface area contributed by atoms with Crippen LogP contribution in [0.1, 0.15) is 23.2 Å². The highest BCUT2D eigenvalue weighted by molar-refractivity contribution is 7.92. The standard InChI is InChI=1S/C19H23F3N2O5S/c20-19(21,22)29-15-5-3-14(4-6-15)17(25)24-11-18(12-24)13-30(26,27)16(10-28-18)9-23-7-1-2-8-23/h3-6,16H,1-2,7-13H2/t16-/m0/s1. The van der Waals surface area contributed by atoms with Crippen LogP contribution in [0.25, 0.3) is 0 Å². The van der Waals surface area contributed by atoms with Gasteiger partial charge < -0.3 is 19.3 Å². The maximum Gasteiger partial charge on any atom is 0.573 e. The highest BCUT2D eigenvalue weighted by Gasteiger charge is 2.54. The molecule has 0 bridgehead atoms. The lowest BCUT2D eigenvalue weighted by Crippen LogP contribution is -2.71. The van der Waals surface area contributed by atoms with Gasteiger partial charge in [-0.15, -0.1) is 13.2 Å². The molecule has 0 unspecified atom stereocenters. The van der Waals surface area contributed by atoms with Gasteiger partial charge >= 0.3 is 6.36 Å². The van der Waals surface area contributed by atoms with E-state index in [1.807, 2.05) is 0 Å². The van der Waals surface area contributed by atoms with Crippen LogP contribution in [-0.4, -0.2) is 86.4 Å². The van der Waals surface area contributed by atoms with E-state index in [0.717, 1.165) is 38.1 Å². The number of halogens is 3. The molecule has 3 fully saturated rings. The van der Waals surface area contributed by atoms with E-state index in [9.17, 15) is 26.4 Å². The molecule has 1 amide bonds. The fourth-order valence-electron chi connectivity index (χ4n) is 4.28. The van der Waals surface area contributed by atoms with Crippen LogP contribution in [0.5, 0.6) is 5.75 Å². The number of hydrogen-bond donors (Lipinski definition) is 0. The van der Waals surface area contributed by atoms with Crippen LogP contribution in [0.15, 0.2) is 24.3 Å². The predicted octanol–water partition coefficient (Wildman–Crippen LogP) is 1.69. The van der Waals surface area contributed by atoms with Crippen LogP contribution in [0.4, 0.5) is 13.2 Å². The zero-order valence-electron chi connectivity index (χ0n) is 16.2. The van der Waals surface area contributed by atoms with E-state index >= 15 is 0 Å². The first kappa shape index (κ1) is 21.4. The number of ether oxygens (including phenoxy) is 2. The van der Waals surface area contributed by atoms with Gasteiger partial charge in [-0.25, -0.2) is 8.42 Å². The van der Waals surface area contributed by atoms with Gasteiger partial charge in [0.25, 0.3) is 5.91 Å². The molecule has 3 aliphatic rings. The van der Waals surface area contributed by atoms with Gasteiger partial charge in [-0.3, -0.25) is 4.79 Å². The molecule has 1 aromatic carbocycles. The van der Waals surface area contributed by atoms with Crippen molar-refractivity contribution < 1.29 is 35.9 Å². The topological polar surface area (TPSA) is 76.2 Å². The molecule has 0 saturated carbocycles. The molecule has 0 aromatic heterocycles. The molecule has 7 nitrogen and oxygen atoms in total. The molecule has 30 heavy (non-hydrogen) atoms. The first-order valence-electron chi connectivity index (χ1n) is 9.78. The molecule has 4 rings (SSSR count). The number of likely N-dealkylation sites (tertiary alicyclic amines) is 2. The summed E-state index contributed by atoms with van der Waals surface area (Å²) in [5, 5.41) is -0.549. The Morgan fingerprint density at radius 1 is 1.17 bits per heavy atom. The van der Waals surface area contributed by atoms with E-state index in [4.69, 9.17) is 4.74 Å². The van der Waals surface area contributed by atoms with Gasteiger partial charge in [0.1, 0.15) is 11.4 Å². The Labute approximate surface area is 172 Å². The molecular formula is C19H23F3N2O5S. The quantitative estimate of drug-likeness (QED) is 0.698. The fraction of sp³-hybridized carbons (Fsp3) is 0.632. The van der Waals surface area contributed by atoms with Gasteiger partial charge in [-0.1, -0.05) is 0 Å². The zero-order chi connectivity index (χ0) is 21.6. The van der Waals surface area contributed by atoms with Crippen molar-refractivity contribution in [3.8, 4) is 5.75 Å². The summed E-state index contributed by atoms with van der Waals surface area (Å²) >= 11 is 0. The number of hydrogen-bond acceptors (Lipinski definition) is 6. The van der Waals surface area contributed by atoms with Crippen molar-refractivity contribution in [2.24, 2.45) is 0 Å². The van der Waals surface area contributed by atoms with E-state index in [0.29, 0.717) is 6.54 Å². The summed E-state index contributed by atoms with van der Waals surface area (Å²) in [7, 11) is -3.34. The summed E-state index contributed by atoms with van der Waals surface area (Å²) in [6.07, 6.45) is -2.64. The second kappa shape index (κ2) is 7.69. The highest BCUT2D eigenvalue weighted by Crippen LogP contribution is 2.34. The first-order chi connectivity index (χ1) is 14.1. The van der Waals surface area contributed by atoms with E-state index in [1.54, 1.807) is 0 Å². The third-order valence-corrected chi connectivity index (χ3v) is 8.02. The Balaban J connectivity index is 1.33. The van der Waals surface area contributed by atoms with E-state index in [2.05, 4.69) is 9.64 Å².